The van der Waals surface area contributed by atoms with Crippen LogP contribution < -0.4 is 5.32 Å². The van der Waals surface area contributed by atoms with Crippen molar-refractivity contribution >= 4 is 0 Å². The van der Waals surface area contributed by atoms with Crippen molar-refractivity contribution < 1.29 is 0 Å². The zero-order valence-corrected chi connectivity index (χ0v) is 13.5. The van der Waals surface area contributed by atoms with Gasteiger partial charge in [0.25, 0.3) is 0 Å². The molecule has 1 aliphatic carbocycles. The first-order valence-electron chi connectivity index (χ1n) is 8.62. The molecule has 2 aliphatic rings. The normalized spacial score (nSPS) is 41.4. The molecule has 0 spiro atoms. The summed E-state index contributed by atoms with van der Waals surface area (Å²) in [6, 6.07) is 2.29. The van der Waals surface area contributed by atoms with E-state index in [1.807, 2.05) is 0 Å². The molecule has 0 radical (unpaired) electrons. The third kappa shape index (κ3) is 3.72. The minimum atomic E-state index is 0.722. The van der Waals surface area contributed by atoms with Gasteiger partial charge in [0, 0.05) is 18.1 Å². The fraction of sp³-hybridized carbons (Fsp3) is 1.00. The maximum absolute atomic E-state index is 3.86. The molecule has 5 unspecified atom stereocenters. The minimum absolute atomic E-state index is 0.722. The van der Waals surface area contributed by atoms with Gasteiger partial charge < -0.3 is 5.32 Å². The largest absolute Gasteiger partial charge is 0.312 e. The number of hydrogen-bond donors (Lipinski definition) is 1. The number of hydrogen-bond acceptors (Lipinski definition) is 2. The minimum Gasteiger partial charge on any atom is -0.312 e. The van der Waals surface area contributed by atoms with Crippen LogP contribution in [0, 0.1) is 11.8 Å². The smallest absolute Gasteiger partial charge is 0.0277 e. The molecule has 0 bridgehead atoms. The highest BCUT2D eigenvalue weighted by Crippen LogP contribution is 2.35. The molecule has 0 aromatic carbocycles. The van der Waals surface area contributed by atoms with Crippen molar-refractivity contribution in [3.05, 3.63) is 0 Å². The topological polar surface area (TPSA) is 15.3 Å². The van der Waals surface area contributed by atoms with E-state index < -0.39 is 0 Å². The fourth-order valence-corrected chi connectivity index (χ4v) is 4.49. The quantitative estimate of drug-likeness (QED) is 0.835. The highest BCUT2D eigenvalue weighted by Gasteiger charge is 2.39. The first-order chi connectivity index (χ1) is 9.13. The lowest BCUT2D eigenvalue weighted by Gasteiger charge is -2.50. The van der Waals surface area contributed by atoms with Crippen LogP contribution in [0.1, 0.15) is 66.2 Å². The molecule has 0 aromatic rings. The SMILES string of the molecule is CCCNC1CC(C)CC(C)C1N1CCCCC1C. The second-order valence-electron chi connectivity index (χ2n) is 7.19. The zero-order chi connectivity index (χ0) is 13.8. The molecule has 2 nitrogen and oxygen atoms in total. The zero-order valence-electron chi connectivity index (χ0n) is 13.5. The van der Waals surface area contributed by atoms with Gasteiger partial charge in [-0.2, -0.15) is 0 Å². The van der Waals surface area contributed by atoms with Crippen LogP contribution in [-0.4, -0.2) is 36.1 Å². The molecule has 1 aliphatic heterocycles. The standard InChI is InChI=1S/C17H34N2/c1-5-9-18-16-12-13(2)11-14(3)17(16)19-10-7-6-8-15(19)4/h13-18H,5-12H2,1-4H3. The van der Waals surface area contributed by atoms with Crippen molar-refractivity contribution in [2.45, 2.75) is 84.3 Å². The van der Waals surface area contributed by atoms with E-state index in [0.29, 0.717) is 0 Å². The average molecular weight is 266 g/mol. The second kappa shape index (κ2) is 7.08. The van der Waals surface area contributed by atoms with Crippen molar-refractivity contribution in [2.24, 2.45) is 11.8 Å². The molecule has 2 fully saturated rings. The molecule has 1 heterocycles. The molecule has 2 heteroatoms. The Morgan fingerprint density at radius 2 is 1.89 bits per heavy atom. The highest BCUT2D eigenvalue weighted by molar-refractivity contribution is 4.96. The predicted molar refractivity (Wildman–Crippen MR) is 83.5 cm³/mol. The Balaban J connectivity index is 2.07. The molecule has 0 aromatic heterocycles. The van der Waals surface area contributed by atoms with Crippen molar-refractivity contribution in [3.63, 3.8) is 0 Å². The Labute approximate surface area is 120 Å². The van der Waals surface area contributed by atoms with Crippen LogP contribution >= 0.6 is 0 Å². The van der Waals surface area contributed by atoms with Crippen LogP contribution in [0.2, 0.25) is 0 Å². The van der Waals surface area contributed by atoms with Crippen molar-refractivity contribution in [1.82, 2.24) is 10.2 Å². The molecule has 2 rings (SSSR count). The van der Waals surface area contributed by atoms with Crippen molar-refractivity contribution in [3.8, 4) is 0 Å². The number of piperidine rings is 1. The van der Waals surface area contributed by atoms with E-state index in [9.17, 15) is 0 Å². The second-order valence-corrected chi connectivity index (χ2v) is 7.19. The highest BCUT2D eigenvalue weighted by atomic mass is 15.2. The van der Waals surface area contributed by atoms with Crippen molar-refractivity contribution in [2.75, 3.05) is 13.1 Å². The van der Waals surface area contributed by atoms with Gasteiger partial charge in [-0.1, -0.05) is 27.2 Å². The summed E-state index contributed by atoms with van der Waals surface area (Å²) in [5.41, 5.74) is 0. The Morgan fingerprint density at radius 3 is 2.58 bits per heavy atom. The molecule has 5 atom stereocenters. The van der Waals surface area contributed by atoms with Gasteiger partial charge in [-0.05, 0) is 64.0 Å². The number of nitrogens with one attached hydrogen (secondary N) is 1. The molecule has 19 heavy (non-hydrogen) atoms. The van der Waals surface area contributed by atoms with E-state index in [4.69, 9.17) is 0 Å². The first kappa shape index (κ1) is 15.3. The van der Waals surface area contributed by atoms with Gasteiger partial charge in [-0.25, -0.2) is 0 Å². The number of likely N-dealkylation sites (tertiary alicyclic amines) is 1. The number of rotatable bonds is 4. The maximum Gasteiger partial charge on any atom is 0.0277 e. The Kier molecular flexibility index (Phi) is 5.70. The molecular weight excluding hydrogens is 232 g/mol. The lowest BCUT2D eigenvalue weighted by molar-refractivity contribution is 0.0173. The molecule has 0 amide bonds. The van der Waals surface area contributed by atoms with E-state index in [1.165, 1.54) is 51.6 Å². The summed E-state index contributed by atoms with van der Waals surface area (Å²) in [7, 11) is 0. The summed E-state index contributed by atoms with van der Waals surface area (Å²) in [5.74, 6) is 1.74. The summed E-state index contributed by atoms with van der Waals surface area (Å²) in [6.45, 7) is 12.2. The monoisotopic (exact) mass is 266 g/mol. The average Bonchev–Trinajstić information content (AvgIpc) is 2.37. The first-order valence-corrected chi connectivity index (χ1v) is 8.62. The molecular formula is C17H34N2. The molecule has 1 saturated carbocycles. The predicted octanol–water partition coefficient (Wildman–Crippen LogP) is 3.66. The summed E-state index contributed by atoms with van der Waals surface area (Å²) >= 11 is 0. The maximum atomic E-state index is 3.86. The van der Waals surface area contributed by atoms with Crippen LogP contribution in [0.15, 0.2) is 0 Å². The van der Waals surface area contributed by atoms with E-state index in [0.717, 1.165) is 30.0 Å². The molecule has 1 saturated heterocycles. The fourth-order valence-electron chi connectivity index (χ4n) is 4.49. The van der Waals surface area contributed by atoms with E-state index in [-0.39, 0.29) is 0 Å². The van der Waals surface area contributed by atoms with Gasteiger partial charge in [-0.3, -0.25) is 4.90 Å². The van der Waals surface area contributed by atoms with Crippen LogP contribution in [0.3, 0.4) is 0 Å². The summed E-state index contributed by atoms with van der Waals surface area (Å²) in [5, 5.41) is 3.86. The van der Waals surface area contributed by atoms with Crippen LogP contribution in [0.4, 0.5) is 0 Å². The van der Waals surface area contributed by atoms with E-state index in [2.05, 4.69) is 37.9 Å². The Bertz CT molecular complexity index is 266. The third-order valence-electron chi connectivity index (χ3n) is 5.32. The van der Waals surface area contributed by atoms with Gasteiger partial charge in [-0.15, -0.1) is 0 Å². The van der Waals surface area contributed by atoms with Gasteiger partial charge in [0.05, 0.1) is 0 Å². The summed E-state index contributed by atoms with van der Waals surface area (Å²) in [4.78, 5) is 2.84. The van der Waals surface area contributed by atoms with Gasteiger partial charge in [0.2, 0.25) is 0 Å². The lowest BCUT2D eigenvalue weighted by atomic mass is 9.75. The number of nitrogens with zero attached hydrogens (tertiary/aromatic N) is 1. The van der Waals surface area contributed by atoms with E-state index in [1.54, 1.807) is 0 Å². The lowest BCUT2D eigenvalue weighted by Crippen LogP contribution is -2.59. The Hall–Kier alpha value is -0.0800. The van der Waals surface area contributed by atoms with Crippen molar-refractivity contribution in [1.29, 1.82) is 0 Å². The molecule has 112 valence electrons. The van der Waals surface area contributed by atoms with Crippen LogP contribution in [-0.2, 0) is 0 Å². The Morgan fingerprint density at radius 1 is 1.11 bits per heavy atom. The van der Waals surface area contributed by atoms with E-state index >= 15 is 0 Å². The molecule has 1 N–H and O–H groups in total. The summed E-state index contributed by atoms with van der Waals surface area (Å²) in [6.07, 6.45) is 8.28. The summed E-state index contributed by atoms with van der Waals surface area (Å²) < 4.78 is 0. The van der Waals surface area contributed by atoms with Crippen LogP contribution in [0.25, 0.3) is 0 Å². The van der Waals surface area contributed by atoms with Crippen LogP contribution in [0.5, 0.6) is 0 Å². The third-order valence-corrected chi connectivity index (χ3v) is 5.32. The van der Waals surface area contributed by atoms with Gasteiger partial charge in [0.1, 0.15) is 0 Å². The van der Waals surface area contributed by atoms with Gasteiger partial charge >= 0.3 is 0 Å². The van der Waals surface area contributed by atoms with Gasteiger partial charge in [0.15, 0.2) is 0 Å².